The summed E-state index contributed by atoms with van der Waals surface area (Å²) in [5, 5.41) is 0. The first-order chi connectivity index (χ1) is 13.8. The maximum atomic E-state index is 12.8. The van der Waals surface area contributed by atoms with Crippen molar-refractivity contribution in [3.63, 3.8) is 0 Å². The summed E-state index contributed by atoms with van der Waals surface area (Å²) in [4.78, 5) is 14.4. The van der Waals surface area contributed by atoms with E-state index in [0.29, 0.717) is 13.0 Å². The summed E-state index contributed by atoms with van der Waals surface area (Å²) in [7, 11) is -3.65. The molecule has 1 aliphatic carbocycles. The van der Waals surface area contributed by atoms with E-state index in [2.05, 4.69) is 4.72 Å². The second kappa shape index (κ2) is 7.80. The minimum atomic E-state index is -3.65. The van der Waals surface area contributed by atoms with Gasteiger partial charge in [0.15, 0.2) is 0 Å². The van der Waals surface area contributed by atoms with Crippen LogP contribution < -0.4 is 14.4 Å². The Hall–Kier alpha value is -2.38. The van der Waals surface area contributed by atoms with Gasteiger partial charge in [0.05, 0.1) is 11.0 Å². The van der Waals surface area contributed by atoms with Gasteiger partial charge in [-0.25, -0.2) is 13.1 Å². The van der Waals surface area contributed by atoms with E-state index in [1.165, 1.54) is 0 Å². The number of sulfonamides is 1. The van der Waals surface area contributed by atoms with Crippen LogP contribution in [0.1, 0.15) is 37.8 Å². The lowest BCUT2D eigenvalue weighted by Crippen LogP contribution is -2.30. The molecule has 1 amide bonds. The molecule has 0 atom stereocenters. The highest BCUT2D eigenvalue weighted by Crippen LogP contribution is 2.37. The first-order valence-electron chi connectivity index (χ1n) is 10.0. The van der Waals surface area contributed by atoms with Crippen LogP contribution in [0.5, 0.6) is 5.75 Å². The Labute approximate surface area is 171 Å². The maximum Gasteiger partial charge on any atom is 0.240 e. The van der Waals surface area contributed by atoms with Crippen molar-refractivity contribution in [2.45, 2.75) is 50.7 Å². The summed E-state index contributed by atoms with van der Waals surface area (Å²) in [5.74, 6) is 1.04. The molecule has 2 aliphatic rings. The highest BCUT2D eigenvalue weighted by atomic mass is 32.2. The van der Waals surface area contributed by atoms with Crippen LogP contribution in [-0.4, -0.2) is 27.0 Å². The molecule has 0 saturated heterocycles. The third-order valence-corrected chi connectivity index (χ3v) is 6.58. The van der Waals surface area contributed by atoms with Crippen LogP contribution in [-0.2, 0) is 27.8 Å². The Morgan fingerprint density at radius 2 is 2.00 bits per heavy atom. The number of rotatable bonds is 7. The zero-order valence-corrected chi connectivity index (χ0v) is 17.5. The summed E-state index contributed by atoms with van der Waals surface area (Å²) in [6.07, 6.45) is 2.67. The van der Waals surface area contributed by atoms with Gasteiger partial charge >= 0.3 is 0 Å². The minimum absolute atomic E-state index is 0.0553. The second-order valence-electron chi connectivity index (χ2n) is 7.94. The SMILES string of the molecule is CC(C)Oc1cccc(CNS(=O)(=O)c2ccc3c(c2)CCN3C(=O)C2CC2)c1. The van der Waals surface area contributed by atoms with Crippen LogP contribution >= 0.6 is 0 Å². The average Bonchev–Trinajstić information content (AvgIpc) is 3.45. The van der Waals surface area contributed by atoms with Crippen molar-refractivity contribution in [3.05, 3.63) is 53.6 Å². The Morgan fingerprint density at radius 3 is 2.72 bits per heavy atom. The number of ether oxygens (including phenoxy) is 1. The van der Waals surface area contributed by atoms with Gasteiger partial charge in [0.25, 0.3) is 0 Å². The van der Waals surface area contributed by atoms with Gasteiger partial charge in [-0.2, -0.15) is 0 Å². The lowest BCUT2D eigenvalue weighted by atomic mass is 10.2. The molecule has 7 heteroatoms. The molecule has 0 radical (unpaired) electrons. The Kier molecular flexibility index (Phi) is 5.36. The molecule has 29 heavy (non-hydrogen) atoms. The zero-order valence-electron chi connectivity index (χ0n) is 16.7. The van der Waals surface area contributed by atoms with Crippen LogP contribution in [0.25, 0.3) is 0 Å². The number of anilines is 1. The van der Waals surface area contributed by atoms with Crippen LogP contribution in [0.15, 0.2) is 47.4 Å². The number of benzene rings is 2. The molecule has 6 nitrogen and oxygen atoms in total. The van der Waals surface area contributed by atoms with Crippen molar-refractivity contribution in [3.8, 4) is 5.75 Å². The first kappa shape index (κ1) is 19.9. The van der Waals surface area contributed by atoms with Crippen molar-refractivity contribution in [1.82, 2.24) is 4.72 Å². The number of hydrogen-bond donors (Lipinski definition) is 1. The molecule has 2 aromatic rings. The molecule has 0 bridgehead atoms. The number of nitrogens with one attached hydrogen (secondary N) is 1. The van der Waals surface area contributed by atoms with Crippen molar-refractivity contribution in [1.29, 1.82) is 0 Å². The van der Waals surface area contributed by atoms with E-state index in [9.17, 15) is 13.2 Å². The molecular weight excluding hydrogens is 388 g/mol. The quantitative estimate of drug-likeness (QED) is 0.755. The van der Waals surface area contributed by atoms with E-state index < -0.39 is 10.0 Å². The lowest BCUT2D eigenvalue weighted by Gasteiger charge is -2.17. The summed E-state index contributed by atoms with van der Waals surface area (Å²) in [6, 6.07) is 12.4. The first-order valence-corrected chi connectivity index (χ1v) is 11.5. The van der Waals surface area contributed by atoms with Gasteiger partial charge in [0.2, 0.25) is 15.9 Å². The van der Waals surface area contributed by atoms with Crippen molar-refractivity contribution in [2.24, 2.45) is 5.92 Å². The molecule has 1 aliphatic heterocycles. The van der Waals surface area contributed by atoms with Crippen LogP contribution in [0, 0.1) is 5.92 Å². The number of carbonyl (C=O) groups excluding carboxylic acids is 1. The fraction of sp³-hybridized carbons (Fsp3) is 0.409. The van der Waals surface area contributed by atoms with Gasteiger partial charge in [0, 0.05) is 24.7 Å². The molecule has 0 spiro atoms. The van der Waals surface area contributed by atoms with E-state index in [1.807, 2.05) is 38.1 Å². The van der Waals surface area contributed by atoms with Crippen LogP contribution in [0.3, 0.4) is 0 Å². The minimum Gasteiger partial charge on any atom is -0.491 e. The van der Waals surface area contributed by atoms with E-state index in [-0.39, 0.29) is 29.4 Å². The topological polar surface area (TPSA) is 75.7 Å². The Balaban J connectivity index is 1.46. The largest absolute Gasteiger partial charge is 0.491 e. The van der Waals surface area contributed by atoms with Gasteiger partial charge < -0.3 is 9.64 Å². The molecule has 1 N–H and O–H groups in total. The summed E-state index contributed by atoms with van der Waals surface area (Å²) in [6.45, 7) is 4.70. The van der Waals surface area contributed by atoms with Gasteiger partial charge in [0.1, 0.15) is 5.75 Å². The third-order valence-electron chi connectivity index (χ3n) is 5.19. The second-order valence-corrected chi connectivity index (χ2v) is 9.71. The van der Waals surface area contributed by atoms with E-state index in [0.717, 1.165) is 35.4 Å². The van der Waals surface area contributed by atoms with Crippen LogP contribution in [0.2, 0.25) is 0 Å². The standard InChI is InChI=1S/C22H26N2O4S/c1-15(2)28-19-5-3-4-16(12-19)14-23-29(26,27)20-8-9-21-18(13-20)10-11-24(21)22(25)17-6-7-17/h3-5,8-9,12-13,15,17,23H,6-7,10-11,14H2,1-2H3. The molecule has 0 unspecified atom stereocenters. The van der Waals surface area contributed by atoms with E-state index >= 15 is 0 Å². The highest BCUT2D eigenvalue weighted by Gasteiger charge is 2.36. The molecule has 0 aromatic heterocycles. The molecule has 1 saturated carbocycles. The molecule has 4 rings (SSSR count). The van der Waals surface area contributed by atoms with E-state index in [1.54, 1.807) is 23.1 Å². The van der Waals surface area contributed by atoms with Crippen LogP contribution in [0.4, 0.5) is 5.69 Å². The number of amides is 1. The van der Waals surface area contributed by atoms with Gasteiger partial charge in [-0.3, -0.25) is 4.79 Å². The fourth-order valence-electron chi connectivity index (χ4n) is 3.59. The monoisotopic (exact) mass is 414 g/mol. The van der Waals surface area contributed by atoms with Crippen molar-refractivity contribution in [2.75, 3.05) is 11.4 Å². The van der Waals surface area contributed by atoms with E-state index in [4.69, 9.17) is 4.74 Å². The van der Waals surface area contributed by atoms with Gasteiger partial charge in [-0.15, -0.1) is 0 Å². The van der Waals surface area contributed by atoms with Crippen molar-refractivity contribution >= 4 is 21.6 Å². The summed E-state index contributed by atoms with van der Waals surface area (Å²) in [5.41, 5.74) is 2.59. The normalized spacial score (nSPS) is 16.2. The summed E-state index contributed by atoms with van der Waals surface area (Å²) < 4.78 is 33.9. The number of hydrogen-bond acceptors (Lipinski definition) is 4. The van der Waals surface area contributed by atoms with Gasteiger partial charge in [-0.1, -0.05) is 12.1 Å². The predicted octanol–water partition coefficient (Wildman–Crippen LogP) is 3.25. The predicted molar refractivity (Wildman–Crippen MR) is 111 cm³/mol. The zero-order chi connectivity index (χ0) is 20.6. The molecular formula is C22H26N2O4S. The summed E-state index contributed by atoms with van der Waals surface area (Å²) >= 11 is 0. The number of carbonyl (C=O) groups is 1. The van der Waals surface area contributed by atoms with Gasteiger partial charge in [-0.05, 0) is 74.6 Å². The van der Waals surface area contributed by atoms with Crippen molar-refractivity contribution < 1.29 is 17.9 Å². The lowest BCUT2D eigenvalue weighted by molar-refractivity contribution is -0.119. The smallest absolute Gasteiger partial charge is 0.240 e. The Bertz CT molecular complexity index is 1030. The number of nitrogens with zero attached hydrogens (tertiary/aromatic N) is 1. The third kappa shape index (κ3) is 4.46. The molecule has 1 fully saturated rings. The molecule has 154 valence electrons. The highest BCUT2D eigenvalue weighted by molar-refractivity contribution is 7.89. The number of fused-ring (bicyclic) bond motifs is 1. The Morgan fingerprint density at radius 1 is 1.21 bits per heavy atom. The molecule has 1 heterocycles. The molecule has 2 aromatic carbocycles. The maximum absolute atomic E-state index is 12.8. The fourth-order valence-corrected chi connectivity index (χ4v) is 4.66. The average molecular weight is 415 g/mol.